The number of nitro groups is 1. The standard InChI is InChI=1S/C21H25N5O3/c1-15-6-10-25-18(14-24-9-3-7-22-8-11-24)21(23-20(25)12-15)16-4-5-19(29-2)17(13-16)26(27)28/h4-6,10,12-13,22H,3,7-9,11,14H2,1-2H3. The fraction of sp³-hybridized carbons (Fsp3) is 0.381. The summed E-state index contributed by atoms with van der Waals surface area (Å²) in [5.74, 6) is 0.249. The van der Waals surface area contributed by atoms with E-state index in [1.54, 1.807) is 12.1 Å². The minimum atomic E-state index is -0.414. The van der Waals surface area contributed by atoms with Gasteiger partial charge in [0.1, 0.15) is 5.65 Å². The van der Waals surface area contributed by atoms with E-state index in [1.807, 2.05) is 25.3 Å². The van der Waals surface area contributed by atoms with Crippen LogP contribution in [0.3, 0.4) is 0 Å². The zero-order chi connectivity index (χ0) is 20.4. The van der Waals surface area contributed by atoms with Crippen molar-refractivity contribution in [1.82, 2.24) is 19.6 Å². The van der Waals surface area contributed by atoms with E-state index in [0.29, 0.717) is 0 Å². The average Bonchev–Trinajstić information content (AvgIpc) is 2.88. The number of methoxy groups -OCH3 is 1. The molecule has 1 N–H and O–H groups in total. The molecule has 1 aromatic carbocycles. The molecule has 1 aliphatic rings. The summed E-state index contributed by atoms with van der Waals surface area (Å²) in [5.41, 5.74) is 4.46. The van der Waals surface area contributed by atoms with Crippen molar-refractivity contribution in [2.24, 2.45) is 0 Å². The average molecular weight is 395 g/mol. The Bertz CT molecular complexity index is 1040. The highest BCUT2D eigenvalue weighted by atomic mass is 16.6. The van der Waals surface area contributed by atoms with Crippen molar-refractivity contribution in [3.8, 4) is 17.0 Å². The van der Waals surface area contributed by atoms with Gasteiger partial charge in [0.05, 0.1) is 23.4 Å². The molecule has 0 atom stereocenters. The number of hydrogen-bond donors (Lipinski definition) is 1. The lowest BCUT2D eigenvalue weighted by Gasteiger charge is -2.20. The Morgan fingerprint density at radius 1 is 1.24 bits per heavy atom. The number of nitrogens with zero attached hydrogens (tertiary/aromatic N) is 4. The summed E-state index contributed by atoms with van der Waals surface area (Å²) in [4.78, 5) is 18.3. The molecule has 8 nitrogen and oxygen atoms in total. The Kier molecular flexibility index (Phi) is 5.46. The number of aromatic nitrogens is 2. The highest BCUT2D eigenvalue weighted by Gasteiger charge is 2.22. The Morgan fingerprint density at radius 3 is 2.90 bits per heavy atom. The van der Waals surface area contributed by atoms with Crippen LogP contribution >= 0.6 is 0 Å². The number of fused-ring (bicyclic) bond motifs is 1. The van der Waals surface area contributed by atoms with Crippen LogP contribution in [0.15, 0.2) is 36.5 Å². The zero-order valence-electron chi connectivity index (χ0n) is 16.7. The van der Waals surface area contributed by atoms with E-state index in [0.717, 1.165) is 67.3 Å². The molecule has 1 aliphatic heterocycles. The number of ether oxygens (including phenoxy) is 1. The lowest BCUT2D eigenvalue weighted by atomic mass is 10.1. The van der Waals surface area contributed by atoms with Gasteiger partial charge in [-0.3, -0.25) is 15.0 Å². The third-order valence-electron chi connectivity index (χ3n) is 5.34. The predicted octanol–water partition coefficient (Wildman–Crippen LogP) is 3.02. The minimum absolute atomic E-state index is 0.0526. The normalized spacial score (nSPS) is 15.4. The van der Waals surface area contributed by atoms with Gasteiger partial charge in [-0.15, -0.1) is 0 Å². The van der Waals surface area contributed by atoms with Crippen LogP contribution in [-0.4, -0.2) is 52.5 Å². The van der Waals surface area contributed by atoms with Crippen LogP contribution in [0.25, 0.3) is 16.9 Å². The van der Waals surface area contributed by atoms with Crippen LogP contribution < -0.4 is 10.1 Å². The van der Waals surface area contributed by atoms with Crippen molar-refractivity contribution < 1.29 is 9.66 Å². The highest BCUT2D eigenvalue weighted by Crippen LogP contribution is 2.34. The van der Waals surface area contributed by atoms with Crippen molar-refractivity contribution in [3.05, 3.63) is 57.9 Å². The smallest absolute Gasteiger partial charge is 0.311 e. The summed E-state index contributed by atoms with van der Waals surface area (Å²) in [5, 5.41) is 14.9. The zero-order valence-corrected chi connectivity index (χ0v) is 16.7. The first-order valence-corrected chi connectivity index (χ1v) is 9.80. The van der Waals surface area contributed by atoms with E-state index in [9.17, 15) is 10.1 Å². The molecule has 0 aliphatic carbocycles. The maximum atomic E-state index is 11.5. The van der Waals surface area contributed by atoms with Gasteiger partial charge in [0, 0.05) is 37.5 Å². The lowest BCUT2D eigenvalue weighted by Crippen LogP contribution is -2.28. The summed E-state index contributed by atoms with van der Waals surface area (Å²) >= 11 is 0. The molecular formula is C21H25N5O3. The summed E-state index contributed by atoms with van der Waals surface area (Å²) in [7, 11) is 1.44. The van der Waals surface area contributed by atoms with Gasteiger partial charge in [-0.05, 0) is 56.3 Å². The molecule has 1 saturated heterocycles. The van der Waals surface area contributed by atoms with Gasteiger partial charge in [-0.25, -0.2) is 4.98 Å². The number of nitro benzene ring substituents is 1. The Hall–Kier alpha value is -2.97. The van der Waals surface area contributed by atoms with Crippen molar-refractivity contribution in [2.75, 3.05) is 33.3 Å². The van der Waals surface area contributed by atoms with Crippen LogP contribution in [0.5, 0.6) is 5.75 Å². The molecule has 3 heterocycles. The number of nitrogens with one attached hydrogen (secondary N) is 1. The van der Waals surface area contributed by atoms with Gasteiger partial charge in [0.25, 0.3) is 0 Å². The first-order valence-electron chi connectivity index (χ1n) is 9.80. The molecule has 0 unspecified atom stereocenters. The fourth-order valence-corrected chi connectivity index (χ4v) is 3.83. The molecule has 0 spiro atoms. The van der Waals surface area contributed by atoms with E-state index >= 15 is 0 Å². The molecule has 0 radical (unpaired) electrons. The van der Waals surface area contributed by atoms with E-state index in [1.165, 1.54) is 7.11 Å². The third kappa shape index (κ3) is 3.94. The van der Waals surface area contributed by atoms with Crippen LogP contribution in [-0.2, 0) is 6.54 Å². The Morgan fingerprint density at radius 2 is 2.10 bits per heavy atom. The Balaban J connectivity index is 1.83. The lowest BCUT2D eigenvalue weighted by molar-refractivity contribution is -0.385. The molecule has 152 valence electrons. The van der Waals surface area contributed by atoms with Crippen molar-refractivity contribution in [3.63, 3.8) is 0 Å². The largest absolute Gasteiger partial charge is 0.490 e. The second kappa shape index (κ2) is 8.18. The monoisotopic (exact) mass is 395 g/mol. The van der Waals surface area contributed by atoms with Crippen molar-refractivity contribution in [1.29, 1.82) is 0 Å². The van der Waals surface area contributed by atoms with Crippen LogP contribution in [0.1, 0.15) is 17.7 Å². The van der Waals surface area contributed by atoms with Crippen molar-refractivity contribution in [2.45, 2.75) is 19.9 Å². The first kappa shape index (κ1) is 19.4. The van der Waals surface area contributed by atoms with Gasteiger partial charge < -0.3 is 14.5 Å². The number of rotatable bonds is 5. The topological polar surface area (TPSA) is 84.9 Å². The van der Waals surface area contributed by atoms with Crippen LogP contribution in [0.2, 0.25) is 0 Å². The molecule has 0 amide bonds. The summed E-state index contributed by atoms with van der Waals surface area (Å²) in [6, 6.07) is 9.13. The number of aryl methyl sites for hydroxylation is 1. The summed E-state index contributed by atoms with van der Waals surface area (Å²) < 4.78 is 7.25. The fourth-order valence-electron chi connectivity index (χ4n) is 3.83. The SMILES string of the molecule is COc1ccc(-c2nc3cc(C)ccn3c2CN2CCCNCC2)cc1[N+](=O)[O-]. The third-order valence-corrected chi connectivity index (χ3v) is 5.34. The minimum Gasteiger partial charge on any atom is -0.490 e. The molecular weight excluding hydrogens is 370 g/mol. The molecule has 3 aromatic rings. The maximum absolute atomic E-state index is 11.5. The van der Waals surface area contributed by atoms with E-state index in [-0.39, 0.29) is 11.4 Å². The summed E-state index contributed by atoms with van der Waals surface area (Å²) in [6.45, 7) is 6.73. The van der Waals surface area contributed by atoms with Gasteiger partial charge in [-0.2, -0.15) is 0 Å². The van der Waals surface area contributed by atoms with E-state index in [4.69, 9.17) is 9.72 Å². The number of pyridine rings is 1. The molecule has 4 rings (SSSR count). The Labute approximate surface area is 169 Å². The second-order valence-electron chi connectivity index (χ2n) is 7.36. The number of benzene rings is 1. The van der Waals surface area contributed by atoms with Gasteiger partial charge >= 0.3 is 5.69 Å². The molecule has 1 fully saturated rings. The second-order valence-corrected chi connectivity index (χ2v) is 7.36. The maximum Gasteiger partial charge on any atom is 0.311 e. The number of hydrogen-bond acceptors (Lipinski definition) is 6. The molecule has 2 aromatic heterocycles. The highest BCUT2D eigenvalue weighted by molar-refractivity contribution is 5.71. The van der Waals surface area contributed by atoms with Crippen LogP contribution in [0, 0.1) is 17.0 Å². The van der Waals surface area contributed by atoms with E-state index in [2.05, 4.69) is 20.7 Å². The molecule has 29 heavy (non-hydrogen) atoms. The van der Waals surface area contributed by atoms with Crippen LogP contribution in [0.4, 0.5) is 5.69 Å². The number of imidazole rings is 1. The summed E-state index contributed by atoms with van der Waals surface area (Å²) in [6.07, 6.45) is 3.13. The van der Waals surface area contributed by atoms with Gasteiger partial charge in [0.2, 0.25) is 0 Å². The van der Waals surface area contributed by atoms with Gasteiger partial charge in [0.15, 0.2) is 5.75 Å². The van der Waals surface area contributed by atoms with E-state index < -0.39 is 4.92 Å². The van der Waals surface area contributed by atoms with Gasteiger partial charge in [-0.1, -0.05) is 0 Å². The first-order chi connectivity index (χ1) is 14.1. The quantitative estimate of drug-likeness (QED) is 0.528. The molecule has 8 heteroatoms. The molecule has 0 saturated carbocycles. The predicted molar refractivity (Wildman–Crippen MR) is 111 cm³/mol. The molecule has 0 bridgehead atoms. The van der Waals surface area contributed by atoms with Crippen molar-refractivity contribution >= 4 is 11.3 Å².